The molecule has 13 heteroatoms. The Bertz CT molecular complexity index is 1020. The van der Waals surface area contributed by atoms with Gasteiger partial charge in [0.25, 0.3) is 0 Å². The summed E-state index contributed by atoms with van der Waals surface area (Å²) in [5.74, 6) is -4.07. The number of hydrogen-bond donors (Lipinski definition) is 2. The Balaban J connectivity index is 0.000000286. The largest absolute Gasteiger partial charge is 0.490 e. The number of alkyl halides is 6. The Morgan fingerprint density at radius 3 is 1.92 bits per heavy atom. The summed E-state index contributed by atoms with van der Waals surface area (Å²) in [5, 5.41) is 16.4. The maximum Gasteiger partial charge on any atom is 0.490 e. The van der Waals surface area contributed by atoms with Crippen molar-refractivity contribution in [3.8, 4) is 0 Å². The van der Waals surface area contributed by atoms with E-state index in [9.17, 15) is 26.3 Å². The summed E-state index contributed by atoms with van der Waals surface area (Å²) < 4.78 is 63.5. The molecule has 0 unspecified atom stereocenters. The molecule has 1 aromatic heterocycles. The molecule has 1 fully saturated rings. The summed E-state index contributed by atoms with van der Waals surface area (Å²) in [6.45, 7) is 8.18. The van der Waals surface area contributed by atoms with Gasteiger partial charge in [0.15, 0.2) is 0 Å². The predicted octanol–water partition coefficient (Wildman–Crippen LogP) is 5.63. The maximum atomic E-state index is 10.6. The van der Waals surface area contributed by atoms with Gasteiger partial charge in [0.2, 0.25) is 0 Å². The molecule has 4 rings (SSSR count). The molecule has 0 saturated carbocycles. The van der Waals surface area contributed by atoms with Crippen molar-refractivity contribution in [3.63, 3.8) is 0 Å². The average molecular weight is 555 g/mol. The van der Waals surface area contributed by atoms with Gasteiger partial charge in [-0.15, -0.1) is 11.3 Å². The van der Waals surface area contributed by atoms with Crippen molar-refractivity contribution in [2.45, 2.75) is 50.7 Å². The lowest BCUT2D eigenvalue weighted by atomic mass is 9.93. The predicted molar refractivity (Wildman–Crippen MR) is 125 cm³/mol. The van der Waals surface area contributed by atoms with Crippen LogP contribution in [-0.4, -0.2) is 70.5 Å². The topological polar surface area (TPSA) is 81.1 Å². The van der Waals surface area contributed by atoms with Crippen molar-refractivity contribution >= 4 is 23.3 Å². The highest BCUT2D eigenvalue weighted by molar-refractivity contribution is 7.09. The van der Waals surface area contributed by atoms with Crippen LogP contribution in [0.15, 0.2) is 41.8 Å². The van der Waals surface area contributed by atoms with Crippen LogP contribution in [-0.2, 0) is 16.1 Å². The molecule has 2 heterocycles. The summed E-state index contributed by atoms with van der Waals surface area (Å²) >= 11 is 1.88. The van der Waals surface area contributed by atoms with Crippen LogP contribution in [0.5, 0.6) is 0 Å². The van der Waals surface area contributed by atoms with E-state index in [0.29, 0.717) is 18.0 Å². The van der Waals surface area contributed by atoms with E-state index in [1.807, 2.05) is 11.3 Å². The molecule has 0 amide bonds. The van der Waals surface area contributed by atoms with Crippen LogP contribution in [0.4, 0.5) is 26.3 Å². The molecule has 37 heavy (non-hydrogen) atoms. The van der Waals surface area contributed by atoms with E-state index >= 15 is 0 Å². The van der Waals surface area contributed by atoms with Crippen LogP contribution in [0.2, 0.25) is 0 Å². The van der Waals surface area contributed by atoms with Gasteiger partial charge in [-0.2, -0.15) is 26.3 Å². The van der Waals surface area contributed by atoms with E-state index in [1.165, 1.54) is 18.0 Å². The van der Waals surface area contributed by atoms with Crippen molar-refractivity contribution in [1.29, 1.82) is 0 Å². The molecule has 2 aliphatic rings. The Kier molecular flexibility index (Phi) is 10.1. The van der Waals surface area contributed by atoms with E-state index in [0.717, 1.165) is 12.5 Å². The number of aliphatic carboxylic acids is 2. The molecule has 0 bridgehead atoms. The second kappa shape index (κ2) is 12.3. The Hall–Kier alpha value is -2.64. The Labute approximate surface area is 214 Å². The van der Waals surface area contributed by atoms with Crippen LogP contribution in [0.3, 0.4) is 0 Å². The van der Waals surface area contributed by atoms with E-state index in [1.54, 1.807) is 11.1 Å². The molecular weight excluding hydrogens is 526 g/mol. The van der Waals surface area contributed by atoms with Gasteiger partial charge in [-0.3, -0.25) is 9.80 Å². The summed E-state index contributed by atoms with van der Waals surface area (Å²) in [6, 6.07) is 14.8. The third-order valence-corrected chi connectivity index (χ3v) is 7.12. The quantitative estimate of drug-likeness (QED) is 0.478. The molecule has 1 aromatic carbocycles. The van der Waals surface area contributed by atoms with Crippen molar-refractivity contribution in [2.24, 2.45) is 5.92 Å². The summed E-state index contributed by atoms with van der Waals surface area (Å²) in [6.07, 6.45) is -10.2. The highest BCUT2D eigenvalue weighted by atomic mass is 32.1. The van der Waals surface area contributed by atoms with Gasteiger partial charge in [0.1, 0.15) is 0 Å². The number of benzene rings is 1. The van der Waals surface area contributed by atoms with Gasteiger partial charge in [-0.25, -0.2) is 9.59 Å². The van der Waals surface area contributed by atoms with Gasteiger partial charge in [0, 0.05) is 42.5 Å². The molecule has 3 atom stereocenters. The molecule has 0 radical (unpaired) electrons. The molecule has 1 aliphatic heterocycles. The van der Waals surface area contributed by atoms with Crippen molar-refractivity contribution in [2.75, 3.05) is 20.1 Å². The first-order chi connectivity index (χ1) is 17.0. The third-order valence-electron chi connectivity index (χ3n) is 6.26. The fourth-order valence-corrected chi connectivity index (χ4v) is 5.25. The van der Waals surface area contributed by atoms with Crippen molar-refractivity contribution in [3.05, 3.63) is 57.8 Å². The molecule has 0 spiro atoms. The van der Waals surface area contributed by atoms with Gasteiger partial charge >= 0.3 is 24.3 Å². The zero-order valence-electron chi connectivity index (χ0n) is 20.3. The number of carbonyl (C=O) groups is 2. The minimum absolute atomic E-state index is 0.574. The van der Waals surface area contributed by atoms with Crippen molar-refractivity contribution in [1.82, 2.24) is 9.80 Å². The van der Waals surface area contributed by atoms with Gasteiger partial charge in [-0.1, -0.05) is 30.3 Å². The third kappa shape index (κ3) is 8.17. The zero-order valence-corrected chi connectivity index (χ0v) is 21.1. The number of likely N-dealkylation sites (tertiary alicyclic amines) is 1. The van der Waals surface area contributed by atoms with E-state index < -0.39 is 24.3 Å². The van der Waals surface area contributed by atoms with Crippen LogP contribution < -0.4 is 0 Å². The van der Waals surface area contributed by atoms with Crippen LogP contribution in [0.25, 0.3) is 0 Å². The van der Waals surface area contributed by atoms with Crippen LogP contribution >= 0.6 is 11.3 Å². The Morgan fingerprint density at radius 1 is 0.973 bits per heavy atom. The summed E-state index contributed by atoms with van der Waals surface area (Å²) in [4.78, 5) is 24.5. The number of carboxylic acid groups (broad SMARTS) is 2. The first-order valence-corrected chi connectivity index (χ1v) is 12.1. The number of hydrogen-bond acceptors (Lipinski definition) is 5. The SMILES string of the molecule is CC(C)N(C)[C@H]1c2ccccc2[C@@H]2CN(Cc3cccs3)C[C@@H]21.O=C(O)C(F)(F)F.O=C(O)C(F)(F)F. The first kappa shape index (κ1) is 30.6. The van der Waals surface area contributed by atoms with Crippen LogP contribution in [0.1, 0.15) is 41.8 Å². The number of fused-ring (bicyclic) bond motifs is 3. The van der Waals surface area contributed by atoms with Crippen molar-refractivity contribution < 1.29 is 46.1 Å². The maximum absolute atomic E-state index is 10.6. The van der Waals surface area contributed by atoms with Gasteiger partial charge in [0.05, 0.1) is 0 Å². The molecule has 6 nitrogen and oxygen atoms in total. The lowest BCUT2D eigenvalue weighted by Gasteiger charge is -2.33. The number of rotatable bonds is 4. The van der Waals surface area contributed by atoms with E-state index in [-0.39, 0.29) is 0 Å². The summed E-state index contributed by atoms with van der Waals surface area (Å²) in [5.41, 5.74) is 3.18. The van der Waals surface area contributed by atoms with Gasteiger partial charge in [-0.05, 0) is 49.4 Å². The highest BCUT2D eigenvalue weighted by Gasteiger charge is 2.47. The number of thiophene rings is 1. The zero-order chi connectivity index (χ0) is 28.1. The monoisotopic (exact) mass is 554 g/mol. The normalized spacial score (nSPS) is 21.0. The smallest absolute Gasteiger partial charge is 0.475 e. The van der Waals surface area contributed by atoms with E-state index in [4.69, 9.17) is 19.8 Å². The molecule has 1 saturated heterocycles. The average Bonchev–Trinajstić information content (AvgIpc) is 3.49. The molecule has 2 N–H and O–H groups in total. The highest BCUT2D eigenvalue weighted by Crippen LogP contribution is 2.52. The fourth-order valence-electron chi connectivity index (χ4n) is 4.51. The molecule has 206 valence electrons. The fraction of sp³-hybridized carbons (Fsp3) is 0.500. The van der Waals surface area contributed by atoms with Gasteiger partial charge < -0.3 is 10.2 Å². The first-order valence-electron chi connectivity index (χ1n) is 11.2. The second-order valence-electron chi connectivity index (χ2n) is 8.98. The lowest BCUT2D eigenvalue weighted by molar-refractivity contribution is -0.193. The minimum Gasteiger partial charge on any atom is -0.475 e. The number of carboxylic acids is 2. The second-order valence-corrected chi connectivity index (χ2v) is 10.0. The Morgan fingerprint density at radius 2 is 1.49 bits per heavy atom. The summed E-state index contributed by atoms with van der Waals surface area (Å²) in [7, 11) is 2.30. The van der Waals surface area contributed by atoms with E-state index in [2.05, 4.69) is 72.5 Å². The number of halogens is 6. The minimum atomic E-state index is -5.08. The molecule has 1 aliphatic carbocycles. The standard InChI is InChI=1S/C20H26N2S.2C2HF3O2/c1-14(2)21(3)20-17-9-5-4-8-16(17)18-12-22(13-19(18)20)11-15-7-6-10-23-15;2*3-2(4,5)1(6)7/h4-10,14,18-20H,11-13H2,1-3H3;2*(H,6,7)/t18-,19-,20-;;/m0../s1. The molecular formula is C24H28F6N2O4S. The van der Waals surface area contributed by atoms with Crippen LogP contribution in [0, 0.1) is 5.92 Å². The molecule has 2 aromatic rings. The lowest BCUT2D eigenvalue weighted by Crippen LogP contribution is -2.35. The number of nitrogens with zero attached hydrogens (tertiary/aromatic N) is 2.